The summed E-state index contributed by atoms with van der Waals surface area (Å²) in [4.78, 5) is 4.24. The number of halogens is 1. The third-order valence-electron chi connectivity index (χ3n) is 2.40. The normalized spacial score (nSPS) is 10.9. The first-order valence-electron chi connectivity index (χ1n) is 5.75. The van der Waals surface area contributed by atoms with Crippen LogP contribution in [0.5, 0.6) is 0 Å². The average Bonchev–Trinajstić information content (AvgIpc) is 2.37. The van der Waals surface area contributed by atoms with E-state index in [9.17, 15) is 8.42 Å². The van der Waals surface area contributed by atoms with E-state index in [1.165, 1.54) is 10.9 Å². The van der Waals surface area contributed by atoms with Gasteiger partial charge in [0.05, 0.1) is 11.3 Å². The first-order valence-corrected chi connectivity index (χ1v) is 8.48. The van der Waals surface area contributed by atoms with Crippen molar-refractivity contribution < 1.29 is 13.0 Å². The summed E-state index contributed by atoms with van der Waals surface area (Å²) in [6.07, 6.45) is 2.30. The Hall–Kier alpha value is -0.980. The van der Waals surface area contributed by atoms with Crippen LogP contribution >= 0.6 is 15.9 Å². The molecule has 1 aromatic heterocycles. The molecule has 6 heteroatoms. The molecule has 0 aliphatic carbocycles. The fraction of sp³-hybridized carbons (Fsp3) is 0.308. The van der Waals surface area contributed by atoms with Gasteiger partial charge in [0.2, 0.25) is 0 Å². The predicted octanol–water partition coefficient (Wildman–Crippen LogP) is 3.20. The lowest BCUT2D eigenvalue weighted by molar-refractivity contribution is 0.482. The number of benzene rings is 1. The van der Waals surface area contributed by atoms with Crippen molar-refractivity contribution in [2.75, 3.05) is 11.1 Å². The lowest BCUT2D eigenvalue weighted by atomic mass is 10.1. The van der Waals surface area contributed by atoms with E-state index in [1.807, 2.05) is 30.5 Å². The second-order valence-corrected chi connectivity index (χ2v) is 6.34. The number of aromatic nitrogens is 1. The number of hydrogen-bond donors (Lipinski definition) is 1. The van der Waals surface area contributed by atoms with Gasteiger partial charge < -0.3 is 0 Å². The maximum atomic E-state index is 9.92. The smallest absolute Gasteiger partial charge is 0.264 e. The molecule has 4 nitrogen and oxygen atoms in total. The van der Waals surface area contributed by atoms with E-state index in [2.05, 4.69) is 33.9 Å². The molecule has 0 amide bonds. The quantitative estimate of drug-likeness (QED) is 0.685. The van der Waals surface area contributed by atoms with Gasteiger partial charge in [-0.3, -0.25) is 9.54 Å². The van der Waals surface area contributed by atoms with Gasteiger partial charge in [0.25, 0.3) is 10.1 Å². The van der Waals surface area contributed by atoms with E-state index in [4.69, 9.17) is 4.55 Å². The Morgan fingerprint density at radius 2 is 1.95 bits per heavy atom. The molecule has 104 valence electrons. The number of aryl methyl sites for hydroxylation is 1. The fourth-order valence-electron chi connectivity index (χ4n) is 1.48. The van der Waals surface area contributed by atoms with Gasteiger partial charge in [-0.15, -0.1) is 0 Å². The summed E-state index contributed by atoms with van der Waals surface area (Å²) in [7, 11) is -3.72. The van der Waals surface area contributed by atoms with Gasteiger partial charge in [0.1, 0.15) is 0 Å². The summed E-state index contributed by atoms with van der Waals surface area (Å²) < 4.78 is 27.9. The highest BCUT2D eigenvalue weighted by Crippen LogP contribution is 2.13. The Balaban J connectivity index is 0.000000203. The van der Waals surface area contributed by atoms with Gasteiger partial charge in [-0.05, 0) is 31.0 Å². The summed E-state index contributed by atoms with van der Waals surface area (Å²) in [6.45, 7) is 2.10. The van der Waals surface area contributed by atoms with Crippen LogP contribution in [0.15, 0.2) is 36.5 Å². The lowest BCUT2D eigenvalue weighted by Crippen LogP contribution is -2.03. The minimum absolute atomic E-state index is 0.155. The Labute approximate surface area is 121 Å². The zero-order valence-corrected chi connectivity index (χ0v) is 13.0. The summed E-state index contributed by atoms with van der Waals surface area (Å²) >= 11 is 3.03. The van der Waals surface area contributed by atoms with Gasteiger partial charge in [-0.25, -0.2) is 0 Å². The fourth-order valence-corrected chi connectivity index (χ4v) is 2.64. The number of alkyl halides is 1. The molecule has 0 fully saturated rings. The first-order chi connectivity index (χ1) is 8.94. The van der Waals surface area contributed by atoms with Crippen molar-refractivity contribution in [1.82, 2.24) is 4.98 Å². The van der Waals surface area contributed by atoms with E-state index >= 15 is 0 Å². The average molecular weight is 346 g/mol. The van der Waals surface area contributed by atoms with Gasteiger partial charge in [-0.2, -0.15) is 8.42 Å². The Bertz CT molecular complexity index is 623. The van der Waals surface area contributed by atoms with Gasteiger partial charge >= 0.3 is 0 Å². The highest BCUT2D eigenvalue weighted by atomic mass is 79.9. The van der Waals surface area contributed by atoms with Crippen molar-refractivity contribution in [3.8, 4) is 0 Å². The summed E-state index contributed by atoms with van der Waals surface area (Å²) in [6, 6.07) is 10.2. The molecule has 0 spiro atoms. The molecule has 0 unspecified atom stereocenters. The lowest BCUT2D eigenvalue weighted by Gasteiger charge is -1.97. The van der Waals surface area contributed by atoms with Crippen LogP contribution in [0.1, 0.15) is 12.0 Å². The minimum Gasteiger partial charge on any atom is -0.286 e. The van der Waals surface area contributed by atoms with Crippen LogP contribution in [0.4, 0.5) is 0 Å². The highest BCUT2D eigenvalue weighted by molar-refractivity contribution is 9.09. The monoisotopic (exact) mass is 345 g/mol. The van der Waals surface area contributed by atoms with E-state index in [0.29, 0.717) is 11.8 Å². The zero-order chi connectivity index (χ0) is 14.3. The van der Waals surface area contributed by atoms with E-state index in [-0.39, 0.29) is 5.75 Å². The number of para-hydroxylation sites is 1. The van der Waals surface area contributed by atoms with Crippen LogP contribution in [0.25, 0.3) is 10.9 Å². The van der Waals surface area contributed by atoms with Crippen molar-refractivity contribution >= 4 is 37.0 Å². The highest BCUT2D eigenvalue weighted by Gasteiger charge is 2.00. The molecule has 0 radical (unpaired) electrons. The summed E-state index contributed by atoms with van der Waals surface area (Å²) in [5.41, 5.74) is 2.36. The van der Waals surface area contributed by atoms with E-state index in [0.717, 1.165) is 5.52 Å². The second-order valence-electron chi connectivity index (χ2n) is 3.97. The summed E-state index contributed by atoms with van der Waals surface area (Å²) in [5.74, 6) is -0.155. The number of nitrogens with zero attached hydrogens (tertiary/aromatic N) is 1. The molecule has 2 aromatic rings. The van der Waals surface area contributed by atoms with Gasteiger partial charge in [0.15, 0.2) is 0 Å². The molecule has 0 saturated heterocycles. The summed E-state index contributed by atoms with van der Waals surface area (Å²) in [5, 5.41) is 1.85. The van der Waals surface area contributed by atoms with Gasteiger partial charge in [-0.1, -0.05) is 34.1 Å². The molecule has 1 N–H and O–H groups in total. The van der Waals surface area contributed by atoms with E-state index in [1.54, 1.807) is 0 Å². The molecule has 0 bridgehead atoms. The van der Waals surface area contributed by atoms with Crippen LogP contribution in [-0.2, 0) is 10.1 Å². The van der Waals surface area contributed by atoms with Gasteiger partial charge in [0, 0.05) is 16.9 Å². The first kappa shape index (κ1) is 16.1. The molecule has 2 rings (SSSR count). The van der Waals surface area contributed by atoms with Crippen molar-refractivity contribution in [3.05, 3.63) is 42.1 Å². The van der Waals surface area contributed by atoms with Crippen LogP contribution in [0, 0.1) is 6.92 Å². The van der Waals surface area contributed by atoms with Crippen molar-refractivity contribution in [1.29, 1.82) is 0 Å². The van der Waals surface area contributed by atoms with Crippen molar-refractivity contribution in [3.63, 3.8) is 0 Å². The SMILES string of the molecule is Cc1ccnc2ccccc12.O=S(=O)(O)CCCBr. The zero-order valence-electron chi connectivity index (χ0n) is 10.6. The van der Waals surface area contributed by atoms with E-state index < -0.39 is 10.1 Å². The van der Waals surface area contributed by atoms with Crippen LogP contribution < -0.4 is 0 Å². The number of fused-ring (bicyclic) bond motifs is 1. The maximum absolute atomic E-state index is 9.92. The topological polar surface area (TPSA) is 67.3 Å². The molecule has 19 heavy (non-hydrogen) atoms. The molecule has 0 atom stereocenters. The van der Waals surface area contributed by atoms with Crippen LogP contribution in [-0.4, -0.2) is 29.0 Å². The molecule has 0 saturated carbocycles. The van der Waals surface area contributed by atoms with Crippen molar-refractivity contribution in [2.45, 2.75) is 13.3 Å². The largest absolute Gasteiger partial charge is 0.286 e. The third-order valence-corrected chi connectivity index (χ3v) is 3.77. The molecular weight excluding hydrogens is 330 g/mol. The Kier molecular flexibility index (Phi) is 6.41. The minimum atomic E-state index is -3.72. The standard InChI is InChI=1S/C10H9N.C3H7BrO3S/c1-8-6-7-11-10-5-3-2-4-9(8)10;4-2-1-3-8(5,6)7/h2-7H,1H3;1-3H2,(H,5,6,7). The molecular formula is C13H16BrNO3S. The Morgan fingerprint density at radius 3 is 2.47 bits per heavy atom. The number of rotatable bonds is 3. The molecule has 1 heterocycles. The van der Waals surface area contributed by atoms with Crippen LogP contribution in [0.2, 0.25) is 0 Å². The maximum Gasteiger partial charge on any atom is 0.264 e. The third kappa shape index (κ3) is 6.13. The van der Waals surface area contributed by atoms with Crippen molar-refractivity contribution in [2.24, 2.45) is 0 Å². The Morgan fingerprint density at radius 1 is 1.26 bits per heavy atom. The molecule has 0 aliphatic heterocycles. The molecule has 0 aliphatic rings. The second kappa shape index (κ2) is 7.57. The number of pyridine rings is 1. The predicted molar refractivity (Wildman–Crippen MR) is 81.3 cm³/mol. The number of hydrogen-bond acceptors (Lipinski definition) is 3. The molecule has 1 aromatic carbocycles. The van der Waals surface area contributed by atoms with Crippen LogP contribution in [0.3, 0.4) is 0 Å².